The first-order valence-electron chi connectivity index (χ1n) is 5.74. The van der Waals surface area contributed by atoms with Gasteiger partial charge in [-0.05, 0) is 62.9 Å². The van der Waals surface area contributed by atoms with Gasteiger partial charge in [0, 0.05) is 16.0 Å². The Bertz CT molecular complexity index is 657. The molecule has 1 aromatic heterocycles. The minimum atomic E-state index is 0.450. The van der Waals surface area contributed by atoms with Crippen molar-refractivity contribution in [3.63, 3.8) is 0 Å². The maximum atomic E-state index is 6.17. The third-order valence-corrected chi connectivity index (χ3v) is 5.49. The minimum Gasteiger partial charge on any atom is -0.231 e. The van der Waals surface area contributed by atoms with Gasteiger partial charge >= 0.3 is 0 Å². The summed E-state index contributed by atoms with van der Waals surface area (Å²) in [5.41, 5.74) is 1.86. The molecule has 0 unspecified atom stereocenters. The van der Waals surface area contributed by atoms with Crippen LogP contribution < -0.4 is 0 Å². The number of hydrogen-bond donors (Lipinski definition) is 0. The molecule has 0 bridgehead atoms. The zero-order valence-electron chi connectivity index (χ0n) is 9.63. The van der Waals surface area contributed by atoms with Crippen molar-refractivity contribution in [3.05, 3.63) is 43.0 Å². The van der Waals surface area contributed by atoms with Crippen LogP contribution in [-0.4, -0.2) is 9.97 Å². The Hall–Kier alpha value is -0.160. The number of rotatable bonds is 2. The molecule has 98 valence electrons. The molecule has 0 radical (unpaired) electrons. The van der Waals surface area contributed by atoms with Gasteiger partial charge in [0.2, 0.25) is 0 Å². The van der Waals surface area contributed by atoms with Crippen LogP contribution in [0.2, 0.25) is 10.2 Å². The van der Waals surface area contributed by atoms with E-state index in [2.05, 4.69) is 41.8 Å². The van der Waals surface area contributed by atoms with E-state index in [1.54, 1.807) is 0 Å². The molecule has 6 heteroatoms. The lowest BCUT2D eigenvalue weighted by Gasteiger charge is -2.08. The standard InChI is InChI=1S/C13H8Br2Cl2N2/c14-8-4-3-7(5-9(8)16)13-18-11(6-1-2-6)10(15)12(17)19-13/h3-6H,1-2H2. The van der Waals surface area contributed by atoms with Crippen LogP contribution in [0.25, 0.3) is 11.4 Å². The van der Waals surface area contributed by atoms with Gasteiger partial charge in [-0.3, -0.25) is 0 Å². The van der Waals surface area contributed by atoms with Crippen molar-refractivity contribution in [1.29, 1.82) is 0 Å². The first-order chi connectivity index (χ1) is 9.06. The van der Waals surface area contributed by atoms with Crippen LogP contribution in [0.5, 0.6) is 0 Å². The maximum absolute atomic E-state index is 6.17. The summed E-state index contributed by atoms with van der Waals surface area (Å²) in [4.78, 5) is 8.94. The lowest BCUT2D eigenvalue weighted by Crippen LogP contribution is -1.97. The summed E-state index contributed by atoms with van der Waals surface area (Å²) in [6, 6.07) is 5.64. The van der Waals surface area contributed by atoms with Crippen molar-refractivity contribution in [2.24, 2.45) is 0 Å². The van der Waals surface area contributed by atoms with Crippen LogP contribution in [0.3, 0.4) is 0 Å². The van der Waals surface area contributed by atoms with E-state index in [9.17, 15) is 0 Å². The Balaban J connectivity index is 2.11. The second kappa shape index (κ2) is 5.32. The maximum Gasteiger partial charge on any atom is 0.161 e. The lowest BCUT2D eigenvalue weighted by atomic mass is 10.2. The van der Waals surface area contributed by atoms with Crippen LogP contribution >= 0.6 is 55.1 Å². The summed E-state index contributed by atoms with van der Waals surface area (Å²) in [5, 5.41) is 1.08. The molecule has 0 spiro atoms. The summed E-state index contributed by atoms with van der Waals surface area (Å²) in [6.45, 7) is 0. The summed E-state index contributed by atoms with van der Waals surface area (Å²) >= 11 is 19.1. The molecule has 1 heterocycles. The molecule has 0 N–H and O–H groups in total. The van der Waals surface area contributed by atoms with Crippen molar-refractivity contribution in [1.82, 2.24) is 9.97 Å². The van der Waals surface area contributed by atoms with Gasteiger partial charge in [-0.15, -0.1) is 0 Å². The molecule has 2 aromatic rings. The summed E-state index contributed by atoms with van der Waals surface area (Å²) in [7, 11) is 0. The predicted octanol–water partition coefficient (Wildman–Crippen LogP) is 5.85. The van der Waals surface area contributed by atoms with Gasteiger partial charge in [0.25, 0.3) is 0 Å². The monoisotopic (exact) mass is 420 g/mol. The van der Waals surface area contributed by atoms with Crippen LogP contribution in [0, 0.1) is 0 Å². The zero-order chi connectivity index (χ0) is 13.6. The molecule has 19 heavy (non-hydrogen) atoms. The quantitative estimate of drug-likeness (QED) is 0.567. The van der Waals surface area contributed by atoms with Gasteiger partial charge in [0.15, 0.2) is 5.82 Å². The highest BCUT2D eigenvalue weighted by Crippen LogP contribution is 2.44. The smallest absolute Gasteiger partial charge is 0.161 e. The number of aromatic nitrogens is 2. The summed E-state index contributed by atoms with van der Waals surface area (Å²) < 4.78 is 1.66. The molecular weight excluding hydrogens is 415 g/mol. The zero-order valence-corrected chi connectivity index (χ0v) is 14.3. The van der Waals surface area contributed by atoms with Gasteiger partial charge in [-0.1, -0.05) is 23.2 Å². The highest BCUT2D eigenvalue weighted by molar-refractivity contribution is 9.11. The van der Waals surface area contributed by atoms with Gasteiger partial charge in [0.1, 0.15) is 5.15 Å². The molecule has 1 fully saturated rings. The molecule has 1 saturated carbocycles. The topological polar surface area (TPSA) is 25.8 Å². The summed E-state index contributed by atoms with van der Waals surface area (Å²) in [5.74, 6) is 1.11. The Morgan fingerprint density at radius 1 is 1.11 bits per heavy atom. The average molecular weight is 423 g/mol. The second-order valence-corrected chi connectivity index (χ2v) is 6.85. The fourth-order valence-corrected chi connectivity index (χ4v) is 2.93. The molecule has 0 saturated heterocycles. The van der Waals surface area contributed by atoms with E-state index in [1.165, 1.54) is 0 Å². The Morgan fingerprint density at radius 3 is 2.47 bits per heavy atom. The van der Waals surface area contributed by atoms with Crippen LogP contribution in [-0.2, 0) is 0 Å². The van der Waals surface area contributed by atoms with Crippen LogP contribution in [0.4, 0.5) is 0 Å². The third-order valence-electron chi connectivity index (χ3n) is 2.98. The summed E-state index contributed by atoms with van der Waals surface area (Å²) in [6.07, 6.45) is 2.32. The highest BCUT2D eigenvalue weighted by Gasteiger charge is 2.29. The average Bonchev–Trinajstić information content (AvgIpc) is 3.20. The number of hydrogen-bond acceptors (Lipinski definition) is 2. The first-order valence-corrected chi connectivity index (χ1v) is 8.09. The van der Waals surface area contributed by atoms with Crippen LogP contribution in [0.15, 0.2) is 27.1 Å². The van der Waals surface area contributed by atoms with Crippen molar-refractivity contribution in [2.75, 3.05) is 0 Å². The van der Waals surface area contributed by atoms with Gasteiger partial charge in [-0.25, -0.2) is 9.97 Å². The van der Waals surface area contributed by atoms with E-state index >= 15 is 0 Å². The second-order valence-electron chi connectivity index (χ2n) is 4.44. The van der Waals surface area contributed by atoms with Gasteiger partial charge < -0.3 is 0 Å². The molecule has 1 aromatic carbocycles. The predicted molar refractivity (Wildman–Crippen MR) is 84.9 cm³/mol. The van der Waals surface area contributed by atoms with Gasteiger partial charge in [-0.2, -0.15) is 0 Å². The minimum absolute atomic E-state index is 0.450. The van der Waals surface area contributed by atoms with Crippen molar-refractivity contribution in [2.45, 2.75) is 18.8 Å². The third kappa shape index (κ3) is 2.82. The molecule has 2 nitrogen and oxygen atoms in total. The SMILES string of the molecule is Clc1cc(-c2nc(Cl)c(Br)c(C3CC3)n2)ccc1Br. The molecule has 0 aliphatic heterocycles. The van der Waals surface area contributed by atoms with Gasteiger partial charge in [0.05, 0.1) is 15.2 Å². The fraction of sp³-hybridized carbons (Fsp3) is 0.231. The van der Waals surface area contributed by atoms with E-state index in [4.69, 9.17) is 23.2 Å². The van der Waals surface area contributed by atoms with E-state index in [1.807, 2.05) is 18.2 Å². The molecule has 1 aliphatic carbocycles. The molecule has 1 aliphatic rings. The van der Waals surface area contributed by atoms with Crippen molar-refractivity contribution < 1.29 is 0 Å². The largest absolute Gasteiger partial charge is 0.231 e. The van der Waals surface area contributed by atoms with Crippen molar-refractivity contribution >= 4 is 55.1 Å². The normalized spacial score (nSPS) is 14.7. The van der Waals surface area contributed by atoms with E-state index in [0.29, 0.717) is 21.9 Å². The molecular formula is C13H8Br2Cl2N2. The molecule has 0 atom stereocenters. The molecule has 0 amide bonds. The number of benzene rings is 1. The Labute approximate surface area is 137 Å². The first kappa shape index (κ1) is 13.8. The molecule has 3 rings (SSSR count). The van der Waals surface area contributed by atoms with E-state index < -0.39 is 0 Å². The van der Waals surface area contributed by atoms with E-state index in [0.717, 1.165) is 33.0 Å². The lowest BCUT2D eigenvalue weighted by molar-refractivity contribution is 0.979. The van der Waals surface area contributed by atoms with Crippen molar-refractivity contribution in [3.8, 4) is 11.4 Å². The number of halogens is 4. The highest BCUT2D eigenvalue weighted by atomic mass is 79.9. The number of nitrogens with zero attached hydrogens (tertiary/aromatic N) is 2. The Kier molecular flexibility index (Phi) is 3.87. The Morgan fingerprint density at radius 2 is 1.84 bits per heavy atom. The fourth-order valence-electron chi connectivity index (χ4n) is 1.83. The van der Waals surface area contributed by atoms with E-state index in [-0.39, 0.29) is 0 Å². The van der Waals surface area contributed by atoms with Crippen LogP contribution in [0.1, 0.15) is 24.5 Å².